The number of halogens is 1. The molecule has 28 heavy (non-hydrogen) atoms. The number of ether oxygens (including phenoxy) is 4. The van der Waals surface area contributed by atoms with Crippen molar-refractivity contribution in [2.75, 3.05) is 20.3 Å². The maximum atomic E-state index is 12.0. The molecule has 1 aliphatic rings. The molecule has 1 aromatic heterocycles. The summed E-state index contributed by atoms with van der Waals surface area (Å²) < 4.78 is 25.8. The van der Waals surface area contributed by atoms with Crippen molar-refractivity contribution >= 4 is 35.5 Å². The average molecular weight is 406 g/mol. The van der Waals surface area contributed by atoms with Gasteiger partial charge in [-0.3, -0.25) is 0 Å². The van der Waals surface area contributed by atoms with E-state index in [1.165, 1.54) is 19.4 Å². The fourth-order valence-corrected chi connectivity index (χ4v) is 2.64. The second-order valence-electron chi connectivity index (χ2n) is 5.44. The van der Waals surface area contributed by atoms with Crippen LogP contribution in [0.3, 0.4) is 0 Å². The minimum absolute atomic E-state index is 0.0738. The van der Waals surface area contributed by atoms with Crippen molar-refractivity contribution in [2.45, 2.75) is 6.92 Å². The Labute approximate surface area is 165 Å². The van der Waals surface area contributed by atoms with E-state index in [-0.39, 0.29) is 41.3 Å². The zero-order chi connectivity index (χ0) is 20.1. The van der Waals surface area contributed by atoms with Gasteiger partial charge >= 0.3 is 11.9 Å². The number of hydrogen-bond donors (Lipinski definition) is 0. The number of carbonyl (C=O) groups excluding carboxylic acids is 2. The van der Waals surface area contributed by atoms with Crippen LogP contribution in [0.1, 0.15) is 18.2 Å². The van der Waals surface area contributed by atoms with Crippen LogP contribution in [-0.2, 0) is 19.1 Å². The number of carbonyl (C=O) groups is 2. The lowest BCUT2D eigenvalue weighted by molar-refractivity contribution is -0.145. The van der Waals surface area contributed by atoms with Gasteiger partial charge in [-0.2, -0.15) is 0 Å². The number of esters is 2. The lowest BCUT2D eigenvalue weighted by atomic mass is 10.1. The molecular formula is C19H16ClNO7. The normalized spacial score (nSPS) is 14.6. The summed E-state index contributed by atoms with van der Waals surface area (Å²) in [6.45, 7) is 1.63. The van der Waals surface area contributed by atoms with Crippen molar-refractivity contribution < 1.29 is 33.0 Å². The fraction of sp³-hybridized carbons (Fsp3) is 0.211. The highest BCUT2D eigenvalue weighted by atomic mass is 35.5. The third-order valence-corrected chi connectivity index (χ3v) is 3.83. The summed E-state index contributed by atoms with van der Waals surface area (Å²) >= 11 is 6.25. The van der Waals surface area contributed by atoms with Crippen LogP contribution in [0.4, 0.5) is 0 Å². The largest absolute Gasteiger partial charge is 0.493 e. The second kappa shape index (κ2) is 8.62. The van der Waals surface area contributed by atoms with Gasteiger partial charge in [0.1, 0.15) is 0 Å². The fourth-order valence-electron chi connectivity index (χ4n) is 2.37. The van der Waals surface area contributed by atoms with Gasteiger partial charge in [0.25, 0.3) is 5.90 Å². The molecule has 146 valence electrons. The summed E-state index contributed by atoms with van der Waals surface area (Å²) in [5.74, 6) is -0.258. The zero-order valence-corrected chi connectivity index (χ0v) is 15.8. The molecule has 9 heteroatoms. The highest BCUT2D eigenvalue weighted by Crippen LogP contribution is 2.37. The first kappa shape index (κ1) is 19.5. The second-order valence-corrected chi connectivity index (χ2v) is 5.85. The quantitative estimate of drug-likeness (QED) is 0.515. The first-order chi connectivity index (χ1) is 13.5. The molecule has 0 unspecified atom stereocenters. The van der Waals surface area contributed by atoms with Gasteiger partial charge in [-0.25, -0.2) is 14.6 Å². The smallest absolute Gasteiger partial charge is 0.363 e. The summed E-state index contributed by atoms with van der Waals surface area (Å²) in [4.78, 5) is 27.6. The summed E-state index contributed by atoms with van der Waals surface area (Å²) in [7, 11) is 1.43. The van der Waals surface area contributed by atoms with Crippen LogP contribution in [0.2, 0.25) is 5.02 Å². The predicted molar refractivity (Wildman–Crippen MR) is 99.4 cm³/mol. The molecule has 1 aromatic carbocycles. The van der Waals surface area contributed by atoms with E-state index in [2.05, 4.69) is 4.99 Å². The van der Waals surface area contributed by atoms with Gasteiger partial charge in [0, 0.05) is 0 Å². The van der Waals surface area contributed by atoms with Crippen molar-refractivity contribution in [1.29, 1.82) is 0 Å². The summed E-state index contributed by atoms with van der Waals surface area (Å²) in [5, 5.41) is 0.192. The van der Waals surface area contributed by atoms with Crippen LogP contribution < -0.4 is 9.47 Å². The lowest BCUT2D eigenvalue weighted by Gasteiger charge is -2.12. The Morgan fingerprint density at radius 3 is 2.86 bits per heavy atom. The number of rotatable bonds is 7. The van der Waals surface area contributed by atoms with Crippen LogP contribution in [0.5, 0.6) is 11.5 Å². The van der Waals surface area contributed by atoms with Gasteiger partial charge < -0.3 is 23.4 Å². The first-order valence-corrected chi connectivity index (χ1v) is 8.62. The Morgan fingerprint density at radius 2 is 2.18 bits per heavy atom. The minimum Gasteiger partial charge on any atom is -0.493 e. The lowest BCUT2D eigenvalue weighted by Crippen LogP contribution is -2.15. The molecule has 0 radical (unpaired) electrons. The number of nitrogens with zero attached hydrogens (tertiary/aromatic N) is 1. The van der Waals surface area contributed by atoms with E-state index in [9.17, 15) is 9.59 Å². The number of aliphatic imine (C=N–C) groups is 1. The third-order valence-electron chi connectivity index (χ3n) is 3.55. The van der Waals surface area contributed by atoms with Crippen molar-refractivity contribution in [3.05, 3.63) is 52.6 Å². The molecule has 3 rings (SSSR count). The molecule has 0 fully saturated rings. The van der Waals surface area contributed by atoms with E-state index in [1.807, 2.05) is 0 Å². The number of benzene rings is 1. The zero-order valence-electron chi connectivity index (χ0n) is 15.1. The number of methoxy groups -OCH3 is 1. The Bertz CT molecular complexity index is 947. The van der Waals surface area contributed by atoms with E-state index >= 15 is 0 Å². The Morgan fingerprint density at radius 1 is 1.36 bits per heavy atom. The van der Waals surface area contributed by atoms with Crippen LogP contribution in [0.15, 0.2) is 45.6 Å². The van der Waals surface area contributed by atoms with Crippen LogP contribution in [0.25, 0.3) is 6.08 Å². The molecule has 0 aliphatic carbocycles. The molecule has 2 heterocycles. The predicted octanol–water partition coefficient (Wildman–Crippen LogP) is 3.23. The summed E-state index contributed by atoms with van der Waals surface area (Å²) in [5.41, 5.74) is 0.603. The molecule has 0 spiro atoms. The Balaban J connectivity index is 1.85. The average Bonchev–Trinajstić information content (AvgIpc) is 3.31. The highest BCUT2D eigenvalue weighted by molar-refractivity contribution is 6.32. The van der Waals surface area contributed by atoms with Crippen LogP contribution >= 0.6 is 11.6 Å². The molecule has 0 saturated carbocycles. The molecule has 2 aromatic rings. The van der Waals surface area contributed by atoms with Crippen molar-refractivity contribution in [3.8, 4) is 11.5 Å². The van der Waals surface area contributed by atoms with Gasteiger partial charge in [0.2, 0.25) is 0 Å². The molecule has 1 aliphatic heterocycles. The van der Waals surface area contributed by atoms with Gasteiger partial charge in [0.05, 0.1) is 25.0 Å². The minimum atomic E-state index is -0.621. The number of hydrogen-bond acceptors (Lipinski definition) is 8. The summed E-state index contributed by atoms with van der Waals surface area (Å²) in [6, 6.07) is 6.43. The topological polar surface area (TPSA) is 96.6 Å². The molecular weight excluding hydrogens is 390 g/mol. The first-order valence-electron chi connectivity index (χ1n) is 8.24. The maximum absolute atomic E-state index is 12.0. The SMILES string of the molecule is CCOC(=O)COc1c(Cl)cc(/C=C2\N=C(c3ccco3)OC2=O)cc1OC. The maximum Gasteiger partial charge on any atom is 0.363 e. The van der Waals surface area contributed by atoms with Crippen molar-refractivity contribution in [3.63, 3.8) is 0 Å². The number of cyclic esters (lactones) is 1. The molecule has 0 amide bonds. The standard InChI is InChI=1S/C19H16ClNO7/c1-3-25-16(22)10-27-17-12(20)7-11(9-15(17)24-2)8-13-19(23)28-18(21-13)14-5-4-6-26-14/h4-9H,3,10H2,1-2H3/b13-8-. The summed E-state index contributed by atoms with van der Waals surface area (Å²) in [6.07, 6.45) is 2.94. The van der Waals surface area contributed by atoms with E-state index in [4.69, 9.17) is 35.0 Å². The molecule has 0 N–H and O–H groups in total. The molecule has 0 bridgehead atoms. The van der Waals surface area contributed by atoms with Gasteiger partial charge in [-0.1, -0.05) is 11.6 Å². The van der Waals surface area contributed by atoms with Crippen molar-refractivity contribution in [2.24, 2.45) is 4.99 Å². The molecule has 0 saturated heterocycles. The van der Waals surface area contributed by atoms with E-state index in [0.29, 0.717) is 11.3 Å². The molecule has 8 nitrogen and oxygen atoms in total. The van der Waals surface area contributed by atoms with Gasteiger partial charge in [-0.05, 0) is 42.8 Å². The monoisotopic (exact) mass is 405 g/mol. The van der Waals surface area contributed by atoms with Gasteiger partial charge in [0.15, 0.2) is 29.6 Å². The van der Waals surface area contributed by atoms with Crippen molar-refractivity contribution in [1.82, 2.24) is 0 Å². The third kappa shape index (κ3) is 4.34. The van der Waals surface area contributed by atoms with E-state index in [0.717, 1.165) is 0 Å². The van der Waals surface area contributed by atoms with Gasteiger partial charge in [-0.15, -0.1) is 0 Å². The number of furan rings is 1. The van der Waals surface area contributed by atoms with Crippen LogP contribution in [-0.4, -0.2) is 38.2 Å². The van der Waals surface area contributed by atoms with E-state index < -0.39 is 11.9 Å². The Kier molecular flexibility index (Phi) is 6.00. The van der Waals surface area contributed by atoms with E-state index in [1.54, 1.807) is 31.2 Å². The Hall–Kier alpha value is -3.26. The highest BCUT2D eigenvalue weighted by Gasteiger charge is 2.26. The molecule has 0 atom stereocenters. The van der Waals surface area contributed by atoms with Crippen LogP contribution in [0, 0.1) is 0 Å².